The Balaban J connectivity index is 2.53. The number of fused-ring (bicyclic) bond motifs is 1. The van der Waals surface area contributed by atoms with Gasteiger partial charge in [-0.3, -0.25) is 10.1 Å². The Kier molecular flexibility index (Phi) is 3.11. The summed E-state index contributed by atoms with van der Waals surface area (Å²) in [5.74, 6) is 0. The summed E-state index contributed by atoms with van der Waals surface area (Å²) in [4.78, 5) is 13.5. The van der Waals surface area contributed by atoms with E-state index in [0.29, 0.717) is 6.42 Å². The normalized spacial score (nSPS) is 10.9. The average Bonchev–Trinajstić information content (AvgIpc) is 2.65. The maximum Gasteiger partial charge on any atom is 0.270 e. The Bertz CT molecular complexity index is 677. The van der Waals surface area contributed by atoms with E-state index in [-0.39, 0.29) is 5.69 Å². The fourth-order valence-electron chi connectivity index (χ4n) is 1.98. The smallest absolute Gasteiger partial charge is 0.270 e. The van der Waals surface area contributed by atoms with Crippen molar-refractivity contribution in [1.82, 2.24) is 4.98 Å². The number of nitrogens with one attached hydrogen (secondary N) is 1. The molecule has 5 nitrogen and oxygen atoms in total. The van der Waals surface area contributed by atoms with Crippen molar-refractivity contribution >= 4 is 16.6 Å². The zero-order valence-electron chi connectivity index (χ0n) is 9.80. The third kappa shape index (κ3) is 2.09. The van der Waals surface area contributed by atoms with Gasteiger partial charge in [-0.2, -0.15) is 5.26 Å². The van der Waals surface area contributed by atoms with Crippen LogP contribution in [0.15, 0.2) is 30.4 Å². The van der Waals surface area contributed by atoms with E-state index in [9.17, 15) is 10.1 Å². The van der Waals surface area contributed by atoms with Gasteiger partial charge in [-0.05, 0) is 25.0 Å². The van der Waals surface area contributed by atoms with Crippen LogP contribution in [0.2, 0.25) is 0 Å². The number of benzene rings is 1. The molecule has 1 aromatic carbocycles. The molecule has 0 fully saturated rings. The highest BCUT2D eigenvalue weighted by Gasteiger charge is 2.12. The highest BCUT2D eigenvalue weighted by molar-refractivity contribution is 5.86. The summed E-state index contributed by atoms with van der Waals surface area (Å²) >= 11 is 0. The fourth-order valence-corrected chi connectivity index (χ4v) is 1.98. The summed E-state index contributed by atoms with van der Waals surface area (Å²) in [5, 5.41) is 20.1. The number of non-ortho nitro benzene ring substituents is 1. The van der Waals surface area contributed by atoms with Gasteiger partial charge in [0.25, 0.3) is 5.69 Å². The number of hydrogen-bond donors (Lipinski definition) is 1. The fraction of sp³-hybridized carbons (Fsp3) is 0.154. The van der Waals surface area contributed by atoms with Gasteiger partial charge in [-0.25, -0.2) is 0 Å². The molecule has 0 aliphatic carbocycles. The first-order valence-corrected chi connectivity index (χ1v) is 5.43. The van der Waals surface area contributed by atoms with E-state index >= 15 is 0 Å². The molecule has 0 bridgehead atoms. The summed E-state index contributed by atoms with van der Waals surface area (Å²) in [6.07, 6.45) is 3.74. The lowest BCUT2D eigenvalue weighted by atomic mass is 10.1. The number of H-pyrrole nitrogens is 1. The zero-order chi connectivity index (χ0) is 13.1. The topological polar surface area (TPSA) is 82.7 Å². The van der Waals surface area contributed by atoms with Crippen LogP contribution in [0, 0.1) is 28.4 Å². The van der Waals surface area contributed by atoms with Gasteiger partial charge in [0, 0.05) is 34.8 Å². The summed E-state index contributed by atoms with van der Waals surface area (Å²) in [6.45, 7) is 1.92. The van der Waals surface area contributed by atoms with Gasteiger partial charge in [0.1, 0.15) is 0 Å². The molecule has 0 radical (unpaired) electrons. The molecule has 1 heterocycles. The summed E-state index contributed by atoms with van der Waals surface area (Å²) in [6, 6.07) is 6.68. The van der Waals surface area contributed by atoms with E-state index in [2.05, 4.69) is 4.98 Å². The first-order chi connectivity index (χ1) is 8.63. The summed E-state index contributed by atoms with van der Waals surface area (Å²) in [7, 11) is 0. The van der Waals surface area contributed by atoms with Gasteiger partial charge >= 0.3 is 0 Å². The summed E-state index contributed by atoms with van der Waals surface area (Å²) in [5.41, 5.74) is 2.90. The zero-order valence-corrected chi connectivity index (χ0v) is 9.80. The van der Waals surface area contributed by atoms with Crippen molar-refractivity contribution in [3.05, 3.63) is 51.7 Å². The van der Waals surface area contributed by atoms with Crippen molar-refractivity contribution in [1.29, 1.82) is 5.26 Å². The number of nitriles is 1. The largest absolute Gasteiger partial charge is 0.358 e. The van der Waals surface area contributed by atoms with Gasteiger partial charge in [0.2, 0.25) is 0 Å². The second kappa shape index (κ2) is 4.72. The average molecular weight is 241 g/mol. The van der Waals surface area contributed by atoms with E-state index in [1.54, 1.807) is 18.2 Å². The molecule has 0 atom stereocenters. The standard InChI is InChI=1S/C13H11N3O2/c1-9-11(4-2-3-7-14)12-8-10(16(17)18)5-6-13(12)15-9/h2-3,5-6,8,15H,4H2,1H3/b3-2-. The molecule has 18 heavy (non-hydrogen) atoms. The van der Waals surface area contributed by atoms with Gasteiger partial charge < -0.3 is 4.98 Å². The van der Waals surface area contributed by atoms with E-state index in [4.69, 9.17) is 5.26 Å². The molecule has 0 saturated heterocycles. The predicted molar refractivity (Wildman–Crippen MR) is 68.1 cm³/mol. The molecule has 0 amide bonds. The lowest BCUT2D eigenvalue weighted by Crippen LogP contribution is -1.87. The lowest BCUT2D eigenvalue weighted by Gasteiger charge is -1.96. The van der Waals surface area contributed by atoms with Gasteiger partial charge in [-0.1, -0.05) is 6.08 Å². The number of nitrogens with zero attached hydrogens (tertiary/aromatic N) is 2. The van der Waals surface area contributed by atoms with E-state index in [1.165, 1.54) is 12.1 Å². The van der Waals surface area contributed by atoms with Crippen LogP contribution >= 0.6 is 0 Å². The van der Waals surface area contributed by atoms with Crippen molar-refractivity contribution in [3.63, 3.8) is 0 Å². The van der Waals surface area contributed by atoms with Crippen LogP contribution in [-0.2, 0) is 6.42 Å². The predicted octanol–water partition coefficient (Wildman–Crippen LogP) is 3.01. The Labute approximate surface area is 104 Å². The molecule has 90 valence electrons. The van der Waals surface area contributed by atoms with Crippen LogP contribution < -0.4 is 0 Å². The molecule has 1 N–H and O–H groups in total. The summed E-state index contributed by atoms with van der Waals surface area (Å²) < 4.78 is 0. The van der Waals surface area contributed by atoms with Crippen LogP contribution in [0.4, 0.5) is 5.69 Å². The number of nitro benzene ring substituents is 1. The Hall–Kier alpha value is -2.61. The van der Waals surface area contributed by atoms with Gasteiger partial charge in [0.15, 0.2) is 0 Å². The Morgan fingerprint density at radius 3 is 3.00 bits per heavy atom. The molecule has 5 heteroatoms. The monoisotopic (exact) mass is 241 g/mol. The molecular weight excluding hydrogens is 230 g/mol. The van der Waals surface area contributed by atoms with E-state index < -0.39 is 4.92 Å². The van der Waals surface area contributed by atoms with Crippen LogP contribution in [0.1, 0.15) is 11.3 Å². The highest BCUT2D eigenvalue weighted by Crippen LogP contribution is 2.26. The van der Waals surface area contributed by atoms with Crippen molar-refractivity contribution in [2.45, 2.75) is 13.3 Å². The minimum absolute atomic E-state index is 0.0759. The maximum absolute atomic E-state index is 10.8. The van der Waals surface area contributed by atoms with Crippen molar-refractivity contribution < 1.29 is 4.92 Å². The molecular formula is C13H11N3O2. The Morgan fingerprint density at radius 1 is 1.56 bits per heavy atom. The minimum atomic E-state index is -0.406. The molecule has 0 spiro atoms. The third-order valence-corrected chi connectivity index (χ3v) is 2.83. The molecule has 0 aliphatic rings. The SMILES string of the molecule is Cc1[nH]c2ccc([N+](=O)[O-])cc2c1C/C=C\C#N. The first-order valence-electron chi connectivity index (χ1n) is 5.43. The molecule has 2 aromatic rings. The van der Waals surface area contributed by atoms with Crippen molar-refractivity contribution in [3.8, 4) is 6.07 Å². The third-order valence-electron chi connectivity index (χ3n) is 2.83. The van der Waals surface area contributed by atoms with Gasteiger partial charge in [-0.15, -0.1) is 0 Å². The number of aromatic nitrogens is 1. The van der Waals surface area contributed by atoms with E-state index in [1.807, 2.05) is 13.0 Å². The molecule has 0 saturated carbocycles. The molecule has 1 aromatic heterocycles. The quantitative estimate of drug-likeness (QED) is 0.509. The van der Waals surface area contributed by atoms with Gasteiger partial charge in [0.05, 0.1) is 11.0 Å². The van der Waals surface area contributed by atoms with Crippen LogP contribution in [-0.4, -0.2) is 9.91 Å². The van der Waals surface area contributed by atoms with E-state index in [0.717, 1.165) is 22.2 Å². The lowest BCUT2D eigenvalue weighted by molar-refractivity contribution is -0.384. The maximum atomic E-state index is 10.8. The van der Waals surface area contributed by atoms with Crippen molar-refractivity contribution in [2.75, 3.05) is 0 Å². The van der Waals surface area contributed by atoms with Crippen molar-refractivity contribution in [2.24, 2.45) is 0 Å². The second-order valence-corrected chi connectivity index (χ2v) is 3.95. The number of nitro groups is 1. The number of aromatic amines is 1. The number of aryl methyl sites for hydroxylation is 1. The number of hydrogen-bond acceptors (Lipinski definition) is 3. The number of allylic oxidation sites excluding steroid dienone is 2. The second-order valence-electron chi connectivity index (χ2n) is 3.95. The van der Waals surface area contributed by atoms with Crippen LogP contribution in [0.3, 0.4) is 0 Å². The Morgan fingerprint density at radius 2 is 2.33 bits per heavy atom. The minimum Gasteiger partial charge on any atom is -0.358 e. The molecule has 2 rings (SSSR count). The van der Waals surface area contributed by atoms with Crippen LogP contribution in [0.5, 0.6) is 0 Å². The molecule has 0 unspecified atom stereocenters. The molecule has 0 aliphatic heterocycles. The number of rotatable bonds is 3. The van der Waals surface area contributed by atoms with Crippen LogP contribution in [0.25, 0.3) is 10.9 Å². The first kappa shape index (κ1) is 11.9. The highest BCUT2D eigenvalue weighted by atomic mass is 16.6.